The van der Waals surface area contributed by atoms with E-state index in [0.717, 1.165) is 59.2 Å². The number of ether oxygens (including phenoxy) is 1. The van der Waals surface area contributed by atoms with Gasteiger partial charge in [-0.2, -0.15) is 5.10 Å². The Morgan fingerprint density at radius 2 is 1.64 bits per heavy atom. The average molecular weight is 590 g/mol. The van der Waals surface area contributed by atoms with E-state index in [0.29, 0.717) is 29.6 Å². The molecule has 5 aromatic rings. The van der Waals surface area contributed by atoms with E-state index in [2.05, 4.69) is 30.9 Å². The second-order valence-corrected chi connectivity index (χ2v) is 11.0. The number of nitrogens with zero attached hydrogens (tertiary/aromatic N) is 4. The minimum absolute atomic E-state index is 0.0645. The van der Waals surface area contributed by atoms with Crippen molar-refractivity contribution in [3.8, 4) is 11.4 Å². The monoisotopic (exact) mass is 589 g/mol. The summed E-state index contributed by atoms with van der Waals surface area (Å²) in [6.07, 6.45) is 3.94. The summed E-state index contributed by atoms with van der Waals surface area (Å²) >= 11 is 0. The van der Waals surface area contributed by atoms with Crippen LogP contribution in [-0.4, -0.2) is 51.2 Å². The van der Waals surface area contributed by atoms with Gasteiger partial charge in [-0.15, -0.1) is 0 Å². The highest BCUT2D eigenvalue weighted by atomic mass is 16.5. The molecule has 1 aliphatic heterocycles. The van der Waals surface area contributed by atoms with Crippen molar-refractivity contribution in [2.75, 3.05) is 35.6 Å². The number of carbonyl (C=O) groups excluding carboxylic acids is 2. The van der Waals surface area contributed by atoms with Crippen LogP contribution in [0.1, 0.15) is 29.7 Å². The molecule has 0 unspecified atom stereocenters. The first-order valence-corrected chi connectivity index (χ1v) is 14.7. The van der Waals surface area contributed by atoms with Gasteiger partial charge in [0, 0.05) is 23.0 Å². The van der Waals surface area contributed by atoms with E-state index in [1.807, 2.05) is 92.7 Å². The quantitative estimate of drug-likeness (QED) is 0.186. The highest BCUT2D eigenvalue weighted by molar-refractivity contribution is 6.07. The number of likely N-dealkylation sites (tertiary alicyclic amines) is 1. The number of urea groups is 1. The summed E-state index contributed by atoms with van der Waals surface area (Å²) in [5.41, 5.74) is 4.32. The Morgan fingerprint density at radius 3 is 2.43 bits per heavy atom. The lowest BCUT2D eigenvalue weighted by molar-refractivity contribution is -0.117. The van der Waals surface area contributed by atoms with Crippen LogP contribution < -0.4 is 20.7 Å². The number of anilines is 3. The van der Waals surface area contributed by atoms with Crippen molar-refractivity contribution in [2.24, 2.45) is 0 Å². The van der Waals surface area contributed by atoms with Crippen LogP contribution in [0.3, 0.4) is 0 Å². The maximum absolute atomic E-state index is 13.1. The van der Waals surface area contributed by atoms with Gasteiger partial charge >= 0.3 is 6.03 Å². The lowest BCUT2D eigenvalue weighted by Crippen LogP contribution is -2.31. The number of rotatable bonds is 9. The number of fused-ring (bicyclic) bond motifs is 1. The number of benzene rings is 3. The van der Waals surface area contributed by atoms with Gasteiger partial charge in [-0.05, 0) is 81.7 Å². The second kappa shape index (κ2) is 13.0. The molecule has 0 atom stereocenters. The molecule has 10 nitrogen and oxygen atoms in total. The van der Waals surface area contributed by atoms with Crippen LogP contribution in [0.4, 0.5) is 22.1 Å². The minimum Gasteiger partial charge on any atom is -0.488 e. The van der Waals surface area contributed by atoms with Crippen LogP contribution >= 0.6 is 0 Å². The normalized spacial score (nSPS) is 13.1. The van der Waals surface area contributed by atoms with Gasteiger partial charge in [-0.25, -0.2) is 14.5 Å². The van der Waals surface area contributed by atoms with Gasteiger partial charge in [-0.1, -0.05) is 42.0 Å². The van der Waals surface area contributed by atoms with Gasteiger partial charge in [0.2, 0.25) is 5.91 Å². The van der Waals surface area contributed by atoms with Crippen molar-refractivity contribution in [1.82, 2.24) is 19.7 Å². The zero-order chi connectivity index (χ0) is 30.5. The van der Waals surface area contributed by atoms with Crippen molar-refractivity contribution in [2.45, 2.75) is 33.3 Å². The summed E-state index contributed by atoms with van der Waals surface area (Å²) < 4.78 is 7.93. The van der Waals surface area contributed by atoms with Crippen molar-refractivity contribution < 1.29 is 14.3 Å². The molecule has 2 aromatic heterocycles. The lowest BCUT2D eigenvalue weighted by atomic mass is 10.1. The number of aromatic nitrogens is 3. The molecular formula is C34H35N7O3. The number of carbonyl (C=O) groups is 2. The molecule has 1 fully saturated rings. The predicted molar refractivity (Wildman–Crippen MR) is 173 cm³/mol. The predicted octanol–water partition coefficient (Wildman–Crippen LogP) is 6.29. The number of nitrogens with one attached hydrogen (secondary N) is 3. The zero-order valence-electron chi connectivity index (χ0n) is 24.8. The molecule has 0 aliphatic carbocycles. The van der Waals surface area contributed by atoms with E-state index in [1.54, 1.807) is 10.9 Å². The van der Waals surface area contributed by atoms with E-state index in [1.165, 1.54) is 0 Å². The largest absolute Gasteiger partial charge is 0.488 e. The third kappa shape index (κ3) is 6.87. The Morgan fingerprint density at radius 1 is 0.864 bits per heavy atom. The molecule has 10 heteroatoms. The van der Waals surface area contributed by atoms with Gasteiger partial charge in [-0.3, -0.25) is 15.0 Å². The SMILES string of the molecule is Cc1ccc(-n2nc(C)cc2NC(=O)Nc2ccc(OCc3ccnc(NC(=O)CN4CCCC4)c3)c3ccccc23)cc1. The first-order valence-electron chi connectivity index (χ1n) is 14.7. The van der Waals surface area contributed by atoms with E-state index in [9.17, 15) is 9.59 Å². The van der Waals surface area contributed by atoms with Crippen molar-refractivity contribution in [1.29, 1.82) is 0 Å². The van der Waals surface area contributed by atoms with E-state index in [-0.39, 0.29) is 18.5 Å². The Balaban J connectivity index is 1.13. The van der Waals surface area contributed by atoms with Gasteiger partial charge in [0.1, 0.15) is 24.0 Å². The van der Waals surface area contributed by atoms with E-state index in [4.69, 9.17) is 4.74 Å². The summed E-state index contributed by atoms with van der Waals surface area (Å²) in [4.78, 5) is 32.0. The van der Waals surface area contributed by atoms with Crippen LogP contribution in [-0.2, 0) is 11.4 Å². The van der Waals surface area contributed by atoms with Crippen molar-refractivity contribution in [3.05, 3.63) is 102 Å². The molecule has 1 aliphatic rings. The maximum atomic E-state index is 13.1. The molecule has 3 heterocycles. The zero-order valence-corrected chi connectivity index (χ0v) is 24.8. The van der Waals surface area contributed by atoms with E-state index >= 15 is 0 Å². The number of hydrogen-bond donors (Lipinski definition) is 3. The fourth-order valence-electron chi connectivity index (χ4n) is 5.37. The Bertz CT molecular complexity index is 1790. The Hall–Kier alpha value is -5.22. The molecule has 0 bridgehead atoms. The molecule has 6 rings (SSSR count). The van der Waals surface area contributed by atoms with Crippen LogP contribution in [0.2, 0.25) is 0 Å². The number of hydrogen-bond acceptors (Lipinski definition) is 6. The van der Waals surface area contributed by atoms with Crippen LogP contribution in [0.15, 0.2) is 85.1 Å². The summed E-state index contributed by atoms with van der Waals surface area (Å²) in [6, 6.07) is 24.5. The van der Waals surface area contributed by atoms with E-state index < -0.39 is 0 Å². The third-order valence-electron chi connectivity index (χ3n) is 7.54. The molecule has 44 heavy (non-hydrogen) atoms. The van der Waals surface area contributed by atoms with Gasteiger partial charge in [0.05, 0.1) is 23.6 Å². The topological polar surface area (TPSA) is 113 Å². The molecule has 3 aromatic carbocycles. The summed E-state index contributed by atoms with van der Waals surface area (Å²) in [6.45, 7) is 6.50. The molecule has 3 amide bonds. The average Bonchev–Trinajstić information content (AvgIpc) is 3.66. The third-order valence-corrected chi connectivity index (χ3v) is 7.54. The molecule has 3 N–H and O–H groups in total. The van der Waals surface area contributed by atoms with Crippen LogP contribution in [0.25, 0.3) is 16.5 Å². The summed E-state index contributed by atoms with van der Waals surface area (Å²) in [5.74, 6) is 1.68. The van der Waals surface area contributed by atoms with Gasteiger partial charge < -0.3 is 15.4 Å². The first kappa shape index (κ1) is 28.9. The lowest BCUT2D eigenvalue weighted by Gasteiger charge is -2.15. The molecule has 0 saturated carbocycles. The minimum atomic E-state index is -0.381. The second-order valence-electron chi connectivity index (χ2n) is 11.0. The summed E-state index contributed by atoms with van der Waals surface area (Å²) in [7, 11) is 0. The molecule has 0 radical (unpaired) electrons. The highest BCUT2D eigenvalue weighted by Crippen LogP contribution is 2.32. The first-order chi connectivity index (χ1) is 21.4. The van der Waals surface area contributed by atoms with Crippen molar-refractivity contribution in [3.63, 3.8) is 0 Å². The van der Waals surface area contributed by atoms with Gasteiger partial charge in [0.15, 0.2) is 0 Å². The highest BCUT2D eigenvalue weighted by Gasteiger charge is 2.16. The van der Waals surface area contributed by atoms with Crippen molar-refractivity contribution >= 4 is 40.0 Å². The molecule has 1 saturated heterocycles. The fraction of sp³-hybridized carbons (Fsp3) is 0.235. The number of amides is 3. The molecular weight excluding hydrogens is 554 g/mol. The molecule has 0 spiro atoms. The number of pyridine rings is 1. The molecule has 224 valence electrons. The van der Waals surface area contributed by atoms with Gasteiger partial charge in [0.25, 0.3) is 0 Å². The summed E-state index contributed by atoms with van der Waals surface area (Å²) in [5, 5.41) is 15.1. The smallest absolute Gasteiger partial charge is 0.324 e. The Kier molecular flexibility index (Phi) is 8.51. The maximum Gasteiger partial charge on any atom is 0.324 e. The standard InChI is InChI=1S/C34H35N7O3/c1-23-9-11-26(12-10-23)41-32(19-24(2)39-41)38-34(43)36-29-13-14-30(28-8-4-3-7-27(28)29)44-22-25-15-16-35-31(20-25)37-33(42)21-40-17-5-6-18-40/h3-4,7-16,19-20H,5-6,17-18,21-22H2,1-2H3,(H,35,37,42)(H2,36,38,43). The van der Waals surface area contributed by atoms with Crippen LogP contribution in [0, 0.1) is 13.8 Å². The fourth-order valence-corrected chi connectivity index (χ4v) is 5.37. The Labute approximate surface area is 256 Å². The number of aryl methyl sites for hydroxylation is 2. The van der Waals surface area contributed by atoms with Crippen LogP contribution in [0.5, 0.6) is 5.75 Å².